The molecule has 1 saturated heterocycles. The summed E-state index contributed by atoms with van der Waals surface area (Å²) in [6, 6.07) is 8.72. The number of benzene rings is 1. The Kier molecular flexibility index (Phi) is 8.71. The molecule has 0 saturated carbocycles. The van der Waals surface area contributed by atoms with Gasteiger partial charge < -0.3 is 20.1 Å². The lowest BCUT2D eigenvalue weighted by molar-refractivity contribution is 0.0392. The molecule has 1 aromatic carbocycles. The van der Waals surface area contributed by atoms with Crippen molar-refractivity contribution in [1.29, 1.82) is 0 Å². The minimum atomic E-state index is 0.571. The summed E-state index contributed by atoms with van der Waals surface area (Å²) in [5.74, 6) is 1.49. The summed E-state index contributed by atoms with van der Waals surface area (Å²) in [7, 11) is 2.17. The van der Waals surface area contributed by atoms with Crippen molar-refractivity contribution in [1.82, 2.24) is 9.80 Å². The first-order chi connectivity index (χ1) is 12.6. The predicted molar refractivity (Wildman–Crippen MR) is 107 cm³/mol. The standard InChI is InChI=1S/C20H34N4O2/c1-4-24(5-2)20(21)22-16-17-7-6-8-19(15-17)26-14-11-23(3)18-9-12-25-13-10-18/h6-8,15,18H,4-5,9-14,16H2,1-3H3,(H2,21,22). The van der Waals surface area contributed by atoms with Gasteiger partial charge in [-0.25, -0.2) is 4.99 Å². The molecule has 0 radical (unpaired) electrons. The average molecular weight is 363 g/mol. The SMILES string of the molecule is CCN(CC)C(N)=NCc1cccc(OCCN(C)C2CCOCC2)c1. The third-order valence-electron chi connectivity index (χ3n) is 4.94. The maximum absolute atomic E-state index is 6.04. The summed E-state index contributed by atoms with van der Waals surface area (Å²) in [5.41, 5.74) is 7.15. The number of nitrogens with two attached hydrogens (primary N) is 1. The van der Waals surface area contributed by atoms with Crippen LogP contribution >= 0.6 is 0 Å². The van der Waals surface area contributed by atoms with Crippen molar-refractivity contribution in [3.63, 3.8) is 0 Å². The van der Waals surface area contributed by atoms with Crippen molar-refractivity contribution >= 4 is 5.96 Å². The molecule has 146 valence electrons. The van der Waals surface area contributed by atoms with Gasteiger partial charge in [-0.05, 0) is 51.4 Å². The number of ether oxygens (including phenoxy) is 2. The van der Waals surface area contributed by atoms with Crippen LogP contribution in [-0.4, -0.2) is 68.3 Å². The number of hydrogen-bond acceptors (Lipinski definition) is 4. The van der Waals surface area contributed by atoms with Crippen molar-refractivity contribution in [2.24, 2.45) is 10.7 Å². The molecule has 0 aromatic heterocycles. The monoisotopic (exact) mass is 362 g/mol. The topological polar surface area (TPSA) is 63.3 Å². The predicted octanol–water partition coefficient (Wildman–Crippen LogP) is 2.33. The van der Waals surface area contributed by atoms with Gasteiger partial charge >= 0.3 is 0 Å². The molecule has 6 nitrogen and oxygen atoms in total. The lowest BCUT2D eigenvalue weighted by atomic mass is 10.1. The molecule has 1 aliphatic heterocycles. The number of nitrogens with zero attached hydrogens (tertiary/aromatic N) is 3. The fourth-order valence-corrected chi connectivity index (χ4v) is 3.17. The molecule has 0 atom stereocenters. The Morgan fingerprint density at radius 2 is 2.00 bits per heavy atom. The van der Waals surface area contributed by atoms with Crippen LogP contribution in [0.5, 0.6) is 5.75 Å². The third-order valence-corrected chi connectivity index (χ3v) is 4.94. The second-order valence-electron chi connectivity index (χ2n) is 6.67. The lowest BCUT2D eigenvalue weighted by Gasteiger charge is -2.31. The highest BCUT2D eigenvalue weighted by molar-refractivity contribution is 5.78. The fraction of sp³-hybridized carbons (Fsp3) is 0.650. The van der Waals surface area contributed by atoms with Crippen molar-refractivity contribution in [2.75, 3.05) is 46.5 Å². The van der Waals surface area contributed by atoms with E-state index in [0.717, 1.165) is 57.0 Å². The molecule has 1 aliphatic rings. The summed E-state index contributed by atoms with van der Waals surface area (Å²) < 4.78 is 11.4. The van der Waals surface area contributed by atoms with Gasteiger partial charge in [0.25, 0.3) is 0 Å². The number of aliphatic imine (C=N–C) groups is 1. The molecule has 0 amide bonds. The molecule has 26 heavy (non-hydrogen) atoms. The normalized spacial score (nSPS) is 16.1. The zero-order valence-corrected chi connectivity index (χ0v) is 16.5. The number of guanidine groups is 1. The molecule has 0 unspecified atom stereocenters. The van der Waals surface area contributed by atoms with Gasteiger partial charge in [0, 0.05) is 38.9 Å². The van der Waals surface area contributed by atoms with E-state index in [-0.39, 0.29) is 0 Å². The maximum Gasteiger partial charge on any atom is 0.191 e. The first kappa shape index (κ1) is 20.5. The zero-order chi connectivity index (χ0) is 18.8. The van der Waals surface area contributed by atoms with E-state index in [0.29, 0.717) is 25.2 Å². The van der Waals surface area contributed by atoms with Crippen molar-refractivity contribution in [3.8, 4) is 5.75 Å². The van der Waals surface area contributed by atoms with Crippen molar-refractivity contribution in [3.05, 3.63) is 29.8 Å². The first-order valence-corrected chi connectivity index (χ1v) is 9.68. The fourth-order valence-electron chi connectivity index (χ4n) is 3.17. The Labute approximate surface area is 158 Å². The molecular formula is C20H34N4O2. The van der Waals surface area contributed by atoms with E-state index in [1.54, 1.807) is 0 Å². The first-order valence-electron chi connectivity index (χ1n) is 9.68. The second-order valence-corrected chi connectivity index (χ2v) is 6.67. The van der Waals surface area contributed by atoms with Gasteiger partial charge in [0.2, 0.25) is 0 Å². The van der Waals surface area contributed by atoms with Gasteiger partial charge in [-0.1, -0.05) is 12.1 Å². The Bertz CT molecular complexity index is 554. The number of hydrogen-bond donors (Lipinski definition) is 1. The van der Waals surface area contributed by atoms with Gasteiger partial charge in [-0.15, -0.1) is 0 Å². The molecular weight excluding hydrogens is 328 g/mol. The Morgan fingerprint density at radius 1 is 1.27 bits per heavy atom. The highest BCUT2D eigenvalue weighted by atomic mass is 16.5. The zero-order valence-electron chi connectivity index (χ0n) is 16.5. The minimum Gasteiger partial charge on any atom is -0.492 e. The molecule has 2 N–H and O–H groups in total. The third kappa shape index (κ3) is 6.50. The molecule has 6 heteroatoms. The molecule has 1 fully saturated rings. The van der Waals surface area contributed by atoms with Crippen LogP contribution in [0.15, 0.2) is 29.3 Å². The molecule has 1 aromatic rings. The van der Waals surface area contributed by atoms with E-state index in [1.807, 2.05) is 23.1 Å². The Balaban J connectivity index is 1.80. The van der Waals surface area contributed by atoms with Crippen LogP contribution < -0.4 is 10.5 Å². The van der Waals surface area contributed by atoms with Gasteiger partial charge in [0.05, 0.1) is 6.54 Å². The van der Waals surface area contributed by atoms with Crippen LogP contribution in [-0.2, 0) is 11.3 Å². The number of rotatable bonds is 9. The highest BCUT2D eigenvalue weighted by Gasteiger charge is 2.17. The molecule has 0 aliphatic carbocycles. The molecule has 1 heterocycles. The minimum absolute atomic E-state index is 0.571. The molecule has 2 rings (SSSR count). The quantitative estimate of drug-likeness (QED) is 0.540. The van der Waals surface area contributed by atoms with E-state index in [1.165, 1.54) is 0 Å². The average Bonchev–Trinajstić information content (AvgIpc) is 2.68. The summed E-state index contributed by atoms with van der Waals surface area (Å²) in [4.78, 5) is 8.92. The summed E-state index contributed by atoms with van der Waals surface area (Å²) in [6.45, 7) is 9.82. The van der Waals surface area contributed by atoms with E-state index in [9.17, 15) is 0 Å². The summed E-state index contributed by atoms with van der Waals surface area (Å²) in [5, 5.41) is 0. The Morgan fingerprint density at radius 3 is 2.69 bits per heavy atom. The van der Waals surface area contributed by atoms with E-state index in [4.69, 9.17) is 15.2 Å². The van der Waals surface area contributed by atoms with E-state index >= 15 is 0 Å². The Hall–Kier alpha value is -1.79. The summed E-state index contributed by atoms with van der Waals surface area (Å²) >= 11 is 0. The van der Waals surface area contributed by atoms with E-state index < -0.39 is 0 Å². The second kappa shape index (κ2) is 11.0. The van der Waals surface area contributed by atoms with Crippen LogP contribution in [0.25, 0.3) is 0 Å². The van der Waals surface area contributed by atoms with Crippen molar-refractivity contribution in [2.45, 2.75) is 39.3 Å². The van der Waals surface area contributed by atoms with Gasteiger partial charge in [0.15, 0.2) is 5.96 Å². The van der Waals surface area contributed by atoms with Crippen molar-refractivity contribution < 1.29 is 9.47 Å². The van der Waals surface area contributed by atoms with E-state index in [2.05, 4.69) is 36.9 Å². The van der Waals surface area contributed by atoms with Crippen LogP contribution in [0, 0.1) is 0 Å². The maximum atomic E-state index is 6.04. The molecule has 0 spiro atoms. The van der Waals surface area contributed by atoms with Gasteiger partial charge in [-0.2, -0.15) is 0 Å². The largest absolute Gasteiger partial charge is 0.492 e. The van der Waals surface area contributed by atoms with Gasteiger partial charge in [0.1, 0.15) is 12.4 Å². The smallest absolute Gasteiger partial charge is 0.191 e. The lowest BCUT2D eigenvalue weighted by Crippen LogP contribution is -2.38. The van der Waals surface area contributed by atoms with Crippen LogP contribution in [0.4, 0.5) is 0 Å². The summed E-state index contributed by atoms with van der Waals surface area (Å²) in [6.07, 6.45) is 2.22. The highest BCUT2D eigenvalue weighted by Crippen LogP contribution is 2.15. The van der Waals surface area contributed by atoms with Crippen LogP contribution in [0.1, 0.15) is 32.3 Å². The van der Waals surface area contributed by atoms with Crippen LogP contribution in [0.2, 0.25) is 0 Å². The molecule has 0 bridgehead atoms. The van der Waals surface area contributed by atoms with Crippen LogP contribution in [0.3, 0.4) is 0 Å². The number of likely N-dealkylation sites (N-methyl/N-ethyl adjacent to an activating group) is 1. The van der Waals surface area contributed by atoms with Gasteiger partial charge in [-0.3, -0.25) is 4.90 Å².